The van der Waals surface area contributed by atoms with E-state index in [1.165, 1.54) is 12.3 Å². The molecule has 0 radical (unpaired) electrons. The third kappa shape index (κ3) is 3.08. The molecule has 5 nitrogen and oxygen atoms in total. The average molecular weight is 258 g/mol. The number of carbonyl (C=O) groups is 1. The molecule has 6 heteroatoms. The average Bonchev–Trinajstić information content (AvgIpc) is 2.29. The zero-order valence-corrected chi connectivity index (χ0v) is 10.4. The maximum absolute atomic E-state index is 12.1. The number of amides is 1. The Balaban J connectivity index is 0.00000144. The van der Waals surface area contributed by atoms with Gasteiger partial charge in [-0.05, 0) is 13.0 Å². The van der Waals surface area contributed by atoms with E-state index in [2.05, 4.69) is 10.3 Å². The lowest BCUT2D eigenvalue weighted by Gasteiger charge is -2.33. The number of nitrogens with one attached hydrogen (secondary N) is 2. The molecule has 0 aromatic carbocycles. The molecule has 2 rings (SSSR count). The normalized spacial score (nSPS) is 19.6. The molecule has 1 amide bonds. The molecule has 94 valence electrons. The Labute approximate surface area is 106 Å². The summed E-state index contributed by atoms with van der Waals surface area (Å²) < 4.78 is 0. The summed E-state index contributed by atoms with van der Waals surface area (Å²) in [7, 11) is 0. The summed E-state index contributed by atoms with van der Waals surface area (Å²) in [6, 6.07) is 3.15. The zero-order chi connectivity index (χ0) is 11.5. The second-order valence-electron chi connectivity index (χ2n) is 3.99. The molecule has 1 aliphatic rings. The first-order valence-electron chi connectivity index (χ1n) is 5.39. The highest BCUT2D eigenvalue weighted by Crippen LogP contribution is 2.08. The Morgan fingerprint density at radius 2 is 2.29 bits per heavy atom. The molecular formula is C11H16ClN3O2. The van der Waals surface area contributed by atoms with Gasteiger partial charge in [-0.25, -0.2) is 0 Å². The molecule has 0 saturated carbocycles. The van der Waals surface area contributed by atoms with Gasteiger partial charge in [0.2, 0.25) is 5.56 Å². The summed E-state index contributed by atoms with van der Waals surface area (Å²) in [4.78, 5) is 27.5. The summed E-state index contributed by atoms with van der Waals surface area (Å²) >= 11 is 0. The van der Waals surface area contributed by atoms with E-state index in [0.29, 0.717) is 12.1 Å². The summed E-state index contributed by atoms with van der Waals surface area (Å²) in [5, 5.41) is 3.22. The van der Waals surface area contributed by atoms with E-state index in [1.807, 2.05) is 6.92 Å². The van der Waals surface area contributed by atoms with Gasteiger partial charge in [0.05, 0.1) is 0 Å². The van der Waals surface area contributed by atoms with Crippen LogP contribution in [0.15, 0.2) is 23.1 Å². The van der Waals surface area contributed by atoms with Gasteiger partial charge in [0, 0.05) is 43.5 Å². The van der Waals surface area contributed by atoms with Gasteiger partial charge in [0.25, 0.3) is 5.91 Å². The smallest absolute Gasteiger partial charge is 0.254 e. The molecule has 1 aromatic rings. The fourth-order valence-corrected chi connectivity index (χ4v) is 1.89. The summed E-state index contributed by atoms with van der Waals surface area (Å²) in [5.41, 5.74) is 0.214. The largest absolute Gasteiger partial charge is 0.333 e. The molecule has 2 N–H and O–H groups in total. The van der Waals surface area contributed by atoms with Gasteiger partial charge in [-0.2, -0.15) is 0 Å². The Morgan fingerprint density at radius 3 is 2.94 bits per heavy atom. The molecule has 17 heavy (non-hydrogen) atoms. The van der Waals surface area contributed by atoms with Crippen molar-refractivity contribution in [1.82, 2.24) is 15.2 Å². The summed E-state index contributed by atoms with van der Waals surface area (Å²) in [6.07, 6.45) is 1.50. The van der Waals surface area contributed by atoms with Crippen LogP contribution in [-0.2, 0) is 0 Å². The number of H-pyrrole nitrogens is 1. The van der Waals surface area contributed by atoms with Gasteiger partial charge in [-0.15, -0.1) is 12.4 Å². The quantitative estimate of drug-likeness (QED) is 0.757. The first-order chi connectivity index (χ1) is 7.68. The van der Waals surface area contributed by atoms with Gasteiger partial charge in [0.1, 0.15) is 0 Å². The predicted molar refractivity (Wildman–Crippen MR) is 67.7 cm³/mol. The van der Waals surface area contributed by atoms with E-state index >= 15 is 0 Å². The van der Waals surface area contributed by atoms with E-state index < -0.39 is 0 Å². The van der Waals surface area contributed by atoms with Crippen molar-refractivity contribution in [3.05, 3.63) is 34.2 Å². The minimum atomic E-state index is -0.242. The highest BCUT2D eigenvalue weighted by atomic mass is 35.5. The molecule has 0 spiro atoms. The van der Waals surface area contributed by atoms with Crippen LogP contribution in [0.4, 0.5) is 0 Å². The van der Waals surface area contributed by atoms with Crippen molar-refractivity contribution in [2.75, 3.05) is 19.6 Å². The van der Waals surface area contributed by atoms with Gasteiger partial charge in [-0.1, -0.05) is 0 Å². The number of aromatic amines is 1. The molecule has 0 aliphatic carbocycles. The minimum absolute atomic E-state index is 0. The summed E-state index contributed by atoms with van der Waals surface area (Å²) in [6.45, 7) is 4.29. The molecule has 1 aromatic heterocycles. The molecule has 1 fully saturated rings. The molecule has 0 unspecified atom stereocenters. The van der Waals surface area contributed by atoms with Crippen LogP contribution in [0, 0.1) is 0 Å². The fraction of sp³-hybridized carbons (Fsp3) is 0.455. The van der Waals surface area contributed by atoms with Crippen molar-refractivity contribution in [2.45, 2.75) is 13.0 Å². The van der Waals surface area contributed by atoms with Crippen LogP contribution in [0.1, 0.15) is 17.3 Å². The number of hydrogen-bond donors (Lipinski definition) is 2. The van der Waals surface area contributed by atoms with Gasteiger partial charge in [0.15, 0.2) is 0 Å². The monoisotopic (exact) mass is 257 g/mol. The van der Waals surface area contributed by atoms with E-state index in [9.17, 15) is 9.59 Å². The van der Waals surface area contributed by atoms with E-state index in [-0.39, 0.29) is 29.9 Å². The SMILES string of the molecule is C[C@@H]1CNCCN1C(=O)c1cc[nH]c(=O)c1.Cl. The molecule has 1 atom stereocenters. The van der Waals surface area contributed by atoms with Crippen molar-refractivity contribution in [1.29, 1.82) is 0 Å². The lowest BCUT2D eigenvalue weighted by atomic mass is 10.1. The molecular weight excluding hydrogens is 242 g/mol. The fourth-order valence-electron chi connectivity index (χ4n) is 1.89. The Kier molecular flexibility index (Phi) is 4.72. The van der Waals surface area contributed by atoms with Crippen molar-refractivity contribution in [3.63, 3.8) is 0 Å². The van der Waals surface area contributed by atoms with Crippen LogP contribution in [0.25, 0.3) is 0 Å². The summed E-state index contributed by atoms with van der Waals surface area (Å²) in [5.74, 6) is -0.0694. The Morgan fingerprint density at radius 1 is 1.53 bits per heavy atom. The number of carbonyl (C=O) groups excluding carboxylic acids is 1. The standard InChI is InChI=1S/C11H15N3O2.ClH/c1-8-7-12-4-5-14(8)11(16)9-2-3-13-10(15)6-9;/h2-3,6,8,12H,4-5,7H2,1H3,(H,13,15);1H/t8-;/m1./s1. The Hall–Kier alpha value is -1.33. The lowest BCUT2D eigenvalue weighted by molar-refractivity contribution is 0.0655. The zero-order valence-electron chi connectivity index (χ0n) is 9.60. The van der Waals surface area contributed by atoms with Crippen molar-refractivity contribution >= 4 is 18.3 Å². The first kappa shape index (κ1) is 13.7. The van der Waals surface area contributed by atoms with E-state index in [4.69, 9.17) is 0 Å². The van der Waals surface area contributed by atoms with Gasteiger partial charge in [-0.3, -0.25) is 9.59 Å². The number of pyridine rings is 1. The Bertz CT molecular complexity index is 446. The van der Waals surface area contributed by atoms with Gasteiger partial charge >= 0.3 is 0 Å². The van der Waals surface area contributed by atoms with E-state index in [0.717, 1.165) is 13.1 Å². The van der Waals surface area contributed by atoms with Crippen LogP contribution in [0.5, 0.6) is 0 Å². The van der Waals surface area contributed by atoms with Crippen molar-refractivity contribution in [2.24, 2.45) is 0 Å². The topological polar surface area (TPSA) is 65.2 Å². The highest BCUT2D eigenvalue weighted by molar-refractivity contribution is 5.94. The number of hydrogen-bond acceptors (Lipinski definition) is 3. The highest BCUT2D eigenvalue weighted by Gasteiger charge is 2.23. The van der Waals surface area contributed by atoms with Crippen molar-refractivity contribution < 1.29 is 4.79 Å². The first-order valence-corrected chi connectivity index (χ1v) is 5.39. The van der Waals surface area contributed by atoms with Crippen LogP contribution in [0.2, 0.25) is 0 Å². The molecule has 2 heterocycles. The number of rotatable bonds is 1. The van der Waals surface area contributed by atoms with E-state index in [1.54, 1.807) is 11.0 Å². The second kappa shape index (κ2) is 5.84. The van der Waals surface area contributed by atoms with Crippen molar-refractivity contribution in [3.8, 4) is 0 Å². The lowest BCUT2D eigenvalue weighted by Crippen LogP contribution is -2.52. The van der Waals surface area contributed by atoms with Crippen LogP contribution >= 0.6 is 12.4 Å². The second-order valence-corrected chi connectivity index (χ2v) is 3.99. The minimum Gasteiger partial charge on any atom is -0.333 e. The molecule has 1 saturated heterocycles. The molecule has 1 aliphatic heterocycles. The predicted octanol–water partition coefficient (Wildman–Crippen LogP) is 0.231. The number of piperazine rings is 1. The maximum atomic E-state index is 12.1. The maximum Gasteiger partial charge on any atom is 0.254 e. The van der Waals surface area contributed by atoms with Crippen LogP contribution < -0.4 is 10.9 Å². The van der Waals surface area contributed by atoms with Gasteiger partial charge < -0.3 is 15.2 Å². The number of halogens is 1. The number of nitrogens with zero attached hydrogens (tertiary/aromatic N) is 1. The molecule has 0 bridgehead atoms. The third-order valence-electron chi connectivity index (χ3n) is 2.78. The van der Waals surface area contributed by atoms with Crippen LogP contribution in [-0.4, -0.2) is 41.5 Å². The number of aromatic nitrogens is 1. The third-order valence-corrected chi connectivity index (χ3v) is 2.78. The van der Waals surface area contributed by atoms with Crippen LogP contribution in [0.3, 0.4) is 0 Å².